The molecule has 18 heavy (non-hydrogen) atoms. The van der Waals surface area contributed by atoms with E-state index in [4.69, 9.17) is 10.8 Å². The summed E-state index contributed by atoms with van der Waals surface area (Å²) >= 11 is 0. The molecule has 8 heteroatoms. The number of aliphatic hydroxyl groups excluding tert-OH is 1. The molecule has 0 saturated heterocycles. The van der Waals surface area contributed by atoms with Crippen LogP contribution in [0.3, 0.4) is 0 Å². The first kappa shape index (κ1) is 13.3. The summed E-state index contributed by atoms with van der Waals surface area (Å²) in [5, 5.41) is 12.9. The molecular weight excluding hydrogens is 256 g/mol. The number of anilines is 1. The van der Waals surface area contributed by atoms with E-state index in [1.807, 2.05) is 0 Å². The molecule has 0 spiro atoms. The lowest BCUT2D eigenvalue weighted by molar-refractivity contribution is 0.178. The van der Waals surface area contributed by atoms with Crippen molar-refractivity contribution in [3.05, 3.63) is 6.20 Å². The monoisotopic (exact) mass is 274 g/mol. The van der Waals surface area contributed by atoms with Crippen LogP contribution in [0.25, 0.3) is 0 Å². The molecule has 1 aromatic heterocycles. The number of aromatic nitrogens is 2. The highest BCUT2D eigenvalue weighted by atomic mass is 32.2. The Labute approximate surface area is 106 Å². The van der Waals surface area contributed by atoms with Crippen molar-refractivity contribution in [3.63, 3.8) is 0 Å². The SMILES string of the molecule is Cn1cc(S(=O)(=O)N(CCO)C2CCC2)c(N)n1. The molecule has 1 heterocycles. The van der Waals surface area contributed by atoms with Gasteiger partial charge in [0.25, 0.3) is 0 Å². The molecule has 1 aliphatic rings. The Hall–Kier alpha value is -1.12. The second-order valence-electron chi connectivity index (χ2n) is 4.48. The van der Waals surface area contributed by atoms with Crippen LogP contribution in [0.2, 0.25) is 0 Å². The molecular formula is C10H18N4O3S. The van der Waals surface area contributed by atoms with Crippen LogP contribution >= 0.6 is 0 Å². The van der Waals surface area contributed by atoms with Crippen molar-refractivity contribution in [2.24, 2.45) is 7.05 Å². The molecule has 1 aliphatic carbocycles. The number of aryl methyl sites for hydroxylation is 1. The van der Waals surface area contributed by atoms with Gasteiger partial charge in [-0.1, -0.05) is 6.42 Å². The highest BCUT2D eigenvalue weighted by Gasteiger charge is 2.36. The molecule has 0 amide bonds. The maximum atomic E-state index is 12.5. The van der Waals surface area contributed by atoms with Crippen LogP contribution in [-0.4, -0.2) is 46.8 Å². The molecule has 7 nitrogen and oxygen atoms in total. The number of nitrogens with zero attached hydrogens (tertiary/aromatic N) is 3. The third kappa shape index (κ3) is 2.23. The molecule has 1 aromatic rings. The zero-order valence-electron chi connectivity index (χ0n) is 10.3. The van der Waals surface area contributed by atoms with Gasteiger partial charge in [-0.15, -0.1) is 0 Å². The van der Waals surface area contributed by atoms with E-state index in [-0.39, 0.29) is 29.9 Å². The molecule has 1 saturated carbocycles. The van der Waals surface area contributed by atoms with Crippen molar-refractivity contribution >= 4 is 15.8 Å². The van der Waals surface area contributed by atoms with Crippen molar-refractivity contribution in [2.75, 3.05) is 18.9 Å². The summed E-state index contributed by atoms with van der Waals surface area (Å²) < 4.78 is 27.7. The summed E-state index contributed by atoms with van der Waals surface area (Å²) in [4.78, 5) is 0.0188. The molecule has 0 bridgehead atoms. The van der Waals surface area contributed by atoms with Gasteiger partial charge in [0.15, 0.2) is 5.82 Å². The van der Waals surface area contributed by atoms with Gasteiger partial charge in [0.1, 0.15) is 4.90 Å². The number of hydrogen-bond acceptors (Lipinski definition) is 5. The number of nitrogen functional groups attached to an aromatic ring is 1. The van der Waals surface area contributed by atoms with E-state index >= 15 is 0 Å². The first-order valence-corrected chi connectivity index (χ1v) is 7.32. The van der Waals surface area contributed by atoms with Crippen molar-refractivity contribution < 1.29 is 13.5 Å². The molecule has 0 radical (unpaired) electrons. The quantitative estimate of drug-likeness (QED) is 0.756. The molecule has 3 N–H and O–H groups in total. The second kappa shape index (κ2) is 4.87. The number of sulfonamides is 1. The van der Waals surface area contributed by atoms with Crippen LogP contribution in [0, 0.1) is 0 Å². The largest absolute Gasteiger partial charge is 0.395 e. The van der Waals surface area contributed by atoms with E-state index in [1.54, 1.807) is 7.05 Å². The van der Waals surface area contributed by atoms with Crippen LogP contribution in [0.5, 0.6) is 0 Å². The Morgan fingerprint density at radius 3 is 2.67 bits per heavy atom. The average molecular weight is 274 g/mol. The summed E-state index contributed by atoms with van der Waals surface area (Å²) in [6.45, 7) is -0.1000. The Morgan fingerprint density at radius 1 is 1.61 bits per heavy atom. The van der Waals surface area contributed by atoms with Gasteiger partial charge in [0.2, 0.25) is 10.0 Å². The zero-order valence-corrected chi connectivity index (χ0v) is 11.1. The van der Waals surface area contributed by atoms with Crippen LogP contribution in [-0.2, 0) is 17.1 Å². The zero-order chi connectivity index (χ0) is 13.3. The molecule has 0 unspecified atom stereocenters. The fourth-order valence-corrected chi connectivity index (χ4v) is 3.85. The summed E-state index contributed by atoms with van der Waals surface area (Å²) in [5.41, 5.74) is 5.62. The van der Waals surface area contributed by atoms with Gasteiger partial charge in [0, 0.05) is 25.8 Å². The van der Waals surface area contributed by atoms with Gasteiger partial charge in [-0.2, -0.15) is 9.40 Å². The second-order valence-corrected chi connectivity index (χ2v) is 6.34. The van der Waals surface area contributed by atoms with Crippen molar-refractivity contribution in [2.45, 2.75) is 30.2 Å². The van der Waals surface area contributed by atoms with Gasteiger partial charge in [0.05, 0.1) is 6.61 Å². The van der Waals surface area contributed by atoms with Crippen molar-refractivity contribution in [1.29, 1.82) is 0 Å². The maximum absolute atomic E-state index is 12.5. The number of nitrogens with two attached hydrogens (primary N) is 1. The highest BCUT2D eigenvalue weighted by molar-refractivity contribution is 7.89. The molecule has 102 valence electrons. The van der Waals surface area contributed by atoms with Crippen molar-refractivity contribution in [1.82, 2.24) is 14.1 Å². The smallest absolute Gasteiger partial charge is 0.248 e. The topological polar surface area (TPSA) is 101 Å². The minimum absolute atomic E-state index is 0.000219. The standard InChI is InChI=1S/C10H18N4O3S/c1-13-7-9(10(11)12-13)18(16,17)14(5-6-15)8-3-2-4-8/h7-8,15H,2-6H2,1H3,(H2,11,12). The summed E-state index contributed by atoms with van der Waals surface area (Å²) in [6.07, 6.45) is 4.08. The lowest BCUT2D eigenvalue weighted by Gasteiger charge is -2.35. The Kier molecular flexibility index (Phi) is 3.60. The molecule has 0 atom stereocenters. The maximum Gasteiger partial charge on any atom is 0.248 e. The Bertz CT molecular complexity index is 521. The molecule has 2 rings (SSSR count). The lowest BCUT2D eigenvalue weighted by Crippen LogP contribution is -2.45. The van der Waals surface area contributed by atoms with Gasteiger partial charge in [-0.3, -0.25) is 4.68 Å². The minimum atomic E-state index is -3.67. The van der Waals surface area contributed by atoms with Crippen LogP contribution in [0.4, 0.5) is 5.82 Å². The van der Waals surface area contributed by atoms with E-state index in [0.29, 0.717) is 0 Å². The van der Waals surface area contributed by atoms with E-state index in [1.165, 1.54) is 15.2 Å². The molecule has 0 aliphatic heterocycles. The normalized spacial score (nSPS) is 17.1. The summed E-state index contributed by atoms with van der Waals surface area (Å²) in [7, 11) is -2.05. The summed E-state index contributed by atoms with van der Waals surface area (Å²) in [5.74, 6) is -0.000219. The molecule has 0 aromatic carbocycles. The van der Waals surface area contributed by atoms with E-state index in [9.17, 15) is 8.42 Å². The van der Waals surface area contributed by atoms with E-state index in [0.717, 1.165) is 19.3 Å². The number of aliphatic hydroxyl groups is 1. The fraction of sp³-hybridized carbons (Fsp3) is 0.700. The van der Waals surface area contributed by atoms with Gasteiger partial charge in [-0.25, -0.2) is 8.42 Å². The first-order valence-electron chi connectivity index (χ1n) is 5.88. The Balaban J connectivity index is 2.35. The van der Waals surface area contributed by atoms with Crippen molar-refractivity contribution in [3.8, 4) is 0 Å². The highest BCUT2D eigenvalue weighted by Crippen LogP contribution is 2.31. The third-order valence-corrected chi connectivity index (χ3v) is 5.18. The Morgan fingerprint density at radius 2 is 2.28 bits per heavy atom. The van der Waals surface area contributed by atoms with Crippen LogP contribution in [0.1, 0.15) is 19.3 Å². The minimum Gasteiger partial charge on any atom is -0.395 e. The third-order valence-electron chi connectivity index (χ3n) is 3.21. The van der Waals surface area contributed by atoms with E-state index < -0.39 is 10.0 Å². The summed E-state index contributed by atoms with van der Waals surface area (Å²) in [6, 6.07) is -0.0262. The first-order chi connectivity index (χ1) is 8.46. The van der Waals surface area contributed by atoms with Gasteiger partial charge in [-0.05, 0) is 12.8 Å². The number of rotatable bonds is 5. The van der Waals surface area contributed by atoms with Gasteiger partial charge < -0.3 is 10.8 Å². The lowest BCUT2D eigenvalue weighted by atomic mass is 9.93. The number of hydrogen-bond donors (Lipinski definition) is 2. The predicted molar refractivity (Wildman–Crippen MR) is 66.2 cm³/mol. The van der Waals surface area contributed by atoms with Crippen LogP contribution < -0.4 is 5.73 Å². The van der Waals surface area contributed by atoms with Crippen LogP contribution in [0.15, 0.2) is 11.1 Å². The fourth-order valence-electron chi connectivity index (χ4n) is 2.08. The van der Waals surface area contributed by atoms with E-state index in [2.05, 4.69) is 5.10 Å². The van der Waals surface area contributed by atoms with Gasteiger partial charge >= 0.3 is 0 Å². The molecule has 1 fully saturated rings. The predicted octanol–water partition coefficient (Wildman–Crippen LogP) is -0.462. The average Bonchev–Trinajstić information content (AvgIpc) is 2.55.